The molecule has 1 aliphatic carbocycles. The van der Waals surface area contributed by atoms with Gasteiger partial charge in [-0.05, 0) is 49.9 Å². The van der Waals surface area contributed by atoms with Crippen LogP contribution >= 0.6 is 0 Å². The van der Waals surface area contributed by atoms with Gasteiger partial charge in [-0.3, -0.25) is 4.79 Å². The number of hydrogen-bond acceptors (Lipinski definition) is 9. The molecule has 1 aromatic carbocycles. The van der Waals surface area contributed by atoms with E-state index < -0.39 is 0 Å². The molecule has 39 heavy (non-hydrogen) atoms. The Hall–Kier alpha value is -4.22. The number of nitrogens with one attached hydrogen (secondary N) is 3. The van der Waals surface area contributed by atoms with Crippen LogP contribution in [-0.4, -0.2) is 63.9 Å². The molecule has 11 nitrogen and oxygen atoms in total. The fraction of sp³-hybridized carbons (Fsp3) is 0.357. The molecule has 2 fully saturated rings. The number of anilines is 5. The molecule has 4 heterocycles. The Morgan fingerprint density at radius 2 is 1.74 bits per heavy atom. The van der Waals surface area contributed by atoms with Gasteiger partial charge in [0.15, 0.2) is 11.3 Å². The van der Waals surface area contributed by atoms with Crippen molar-refractivity contribution >= 4 is 40.3 Å². The van der Waals surface area contributed by atoms with Crippen LogP contribution in [0.5, 0.6) is 0 Å². The first-order valence-corrected chi connectivity index (χ1v) is 13.5. The molecular formula is C28H33N9O2. The third-order valence-corrected chi connectivity index (χ3v) is 7.22. The molecule has 0 spiro atoms. The topological polar surface area (TPSA) is 135 Å². The number of aromatic nitrogens is 4. The molecule has 202 valence electrons. The van der Waals surface area contributed by atoms with E-state index in [4.69, 9.17) is 15.6 Å². The van der Waals surface area contributed by atoms with Gasteiger partial charge in [0.25, 0.3) is 5.91 Å². The van der Waals surface area contributed by atoms with E-state index >= 15 is 0 Å². The number of para-hydroxylation sites is 1. The molecule has 0 unspecified atom stereocenters. The number of rotatable bonds is 7. The Balaban J connectivity index is 1.26. The summed E-state index contributed by atoms with van der Waals surface area (Å²) in [6.07, 6.45) is 7.13. The van der Waals surface area contributed by atoms with Crippen molar-refractivity contribution in [3.63, 3.8) is 0 Å². The molecule has 11 heteroatoms. The van der Waals surface area contributed by atoms with E-state index in [0.717, 1.165) is 56.0 Å². The summed E-state index contributed by atoms with van der Waals surface area (Å²) < 4.78 is 7.01. The lowest BCUT2D eigenvalue weighted by atomic mass is 9.92. The van der Waals surface area contributed by atoms with Gasteiger partial charge in [0.05, 0.1) is 37.0 Å². The highest BCUT2D eigenvalue weighted by Gasteiger charge is 2.22. The number of benzene rings is 1. The number of carbonyl (C=O) groups is 1. The maximum atomic E-state index is 13.4. The zero-order valence-electron chi connectivity index (χ0n) is 21.7. The van der Waals surface area contributed by atoms with E-state index in [1.54, 1.807) is 16.9 Å². The third kappa shape index (κ3) is 5.79. The fourth-order valence-corrected chi connectivity index (χ4v) is 5.07. The van der Waals surface area contributed by atoms with Gasteiger partial charge < -0.3 is 31.3 Å². The number of carbonyl (C=O) groups excluding carboxylic acids is 1. The summed E-state index contributed by atoms with van der Waals surface area (Å²) in [5.41, 5.74) is 9.25. The molecule has 4 aromatic rings. The maximum absolute atomic E-state index is 13.4. The largest absolute Gasteiger partial charge is 0.378 e. The summed E-state index contributed by atoms with van der Waals surface area (Å²) in [6.45, 7) is 2.98. The van der Waals surface area contributed by atoms with Crippen molar-refractivity contribution in [2.45, 2.75) is 37.8 Å². The monoisotopic (exact) mass is 527 g/mol. The normalized spacial score (nSPS) is 19.6. The van der Waals surface area contributed by atoms with Crippen LogP contribution < -0.4 is 26.6 Å². The summed E-state index contributed by atoms with van der Waals surface area (Å²) in [7, 11) is 0. The SMILES string of the molecule is NC1CCC(Nc2cc(Nc3ccccc3)c3ncc(C(=O)Nc4ccc(N5CCOCC5)nc4)n3n2)CC1. The number of morpholine rings is 1. The molecule has 1 amide bonds. The van der Waals surface area contributed by atoms with Crippen molar-refractivity contribution in [2.75, 3.05) is 47.2 Å². The number of hydrogen-bond donors (Lipinski definition) is 4. The van der Waals surface area contributed by atoms with E-state index in [1.807, 2.05) is 48.5 Å². The molecule has 5 N–H and O–H groups in total. The molecule has 3 aromatic heterocycles. The summed E-state index contributed by atoms with van der Waals surface area (Å²) in [5.74, 6) is 1.22. The van der Waals surface area contributed by atoms with Crippen LogP contribution in [0.2, 0.25) is 0 Å². The quantitative estimate of drug-likeness (QED) is 0.284. The van der Waals surface area contributed by atoms with E-state index in [1.165, 1.54) is 0 Å². The lowest BCUT2D eigenvalue weighted by Gasteiger charge is -2.27. The number of nitrogens with two attached hydrogens (primary N) is 1. The van der Waals surface area contributed by atoms with Crippen LogP contribution in [-0.2, 0) is 4.74 Å². The second-order valence-corrected chi connectivity index (χ2v) is 10.0. The number of amides is 1. The zero-order valence-corrected chi connectivity index (χ0v) is 21.7. The van der Waals surface area contributed by atoms with Crippen molar-refractivity contribution < 1.29 is 9.53 Å². The van der Waals surface area contributed by atoms with Crippen LogP contribution in [0.15, 0.2) is 60.9 Å². The first-order chi connectivity index (χ1) is 19.1. The molecule has 1 saturated heterocycles. The second kappa shape index (κ2) is 11.3. The number of nitrogens with zero attached hydrogens (tertiary/aromatic N) is 5. The van der Waals surface area contributed by atoms with Crippen LogP contribution in [0.25, 0.3) is 5.65 Å². The minimum Gasteiger partial charge on any atom is -0.378 e. The highest BCUT2D eigenvalue weighted by Crippen LogP contribution is 2.27. The van der Waals surface area contributed by atoms with Gasteiger partial charge >= 0.3 is 0 Å². The molecular weight excluding hydrogens is 494 g/mol. The maximum Gasteiger partial charge on any atom is 0.276 e. The van der Waals surface area contributed by atoms with Crippen LogP contribution in [0.4, 0.5) is 28.7 Å². The van der Waals surface area contributed by atoms with E-state index in [0.29, 0.717) is 36.1 Å². The Morgan fingerprint density at radius 3 is 2.49 bits per heavy atom. The van der Waals surface area contributed by atoms with Gasteiger partial charge in [0.2, 0.25) is 0 Å². The van der Waals surface area contributed by atoms with E-state index in [-0.39, 0.29) is 18.0 Å². The summed E-state index contributed by atoms with van der Waals surface area (Å²) in [5, 5.41) is 14.7. The highest BCUT2D eigenvalue weighted by atomic mass is 16.5. The predicted molar refractivity (Wildman–Crippen MR) is 152 cm³/mol. The zero-order chi connectivity index (χ0) is 26.6. The van der Waals surface area contributed by atoms with Gasteiger partial charge in [-0.15, -0.1) is 5.10 Å². The number of imidazole rings is 1. The fourth-order valence-electron chi connectivity index (χ4n) is 5.07. The van der Waals surface area contributed by atoms with Gasteiger partial charge in [0, 0.05) is 36.9 Å². The summed E-state index contributed by atoms with van der Waals surface area (Å²) in [4.78, 5) is 24.6. The first-order valence-electron chi connectivity index (χ1n) is 13.5. The highest BCUT2D eigenvalue weighted by molar-refractivity contribution is 6.03. The minimum atomic E-state index is -0.317. The van der Waals surface area contributed by atoms with Crippen molar-refractivity contribution in [1.82, 2.24) is 19.6 Å². The molecule has 1 aliphatic heterocycles. The Kier molecular flexibility index (Phi) is 7.24. The van der Waals surface area contributed by atoms with Crippen LogP contribution in [0, 0.1) is 0 Å². The molecule has 0 atom stereocenters. The Labute approximate surface area is 226 Å². The van der Waals surface area contributed by atoms with E-state index in [9.17, 15) is 4.79 Å². The van der Waals surface area contributed by atoms with Crippen LogP contribution in [0.1, 0.15) is 36.2 Å². The summed E-state index contributed by atoms with van der Waals surface area (Å²) >= 11 is 0. The standard InChI is InChI=1S/C28H33N9O2/c29-19-6-8-21(9-7-19)33-25-16-23(32-20-4-2-1-3-5-20)27-31-18-24(37(27)35-25)28(38)34-22-10-11-26(30-17-22)36-12-14-39-15-13-36/h1-5,10-11,16-19,21,32H,6-9,12-15,29H2,(H,33,35)(H,34,38). The minimum absolute atomic E-state index is 0.259. The number of fused-ring (bicyclic) bond motifs is 1. The van der Waals surface area contributed by atoms with Crippen molar-refractivity contribution in [1.29, 1.82) is 0 Å². The van der Waals surface area contributed by atoms with Gasteiger partial charge in [0.1, 0.15) is 11.6 Å². The van der Waals surface area contributed by atoms with Crippen molar-refractivity contribution in [2.24, 2.45) is 5.73 Å². The molecule has 0 bridgehead atoms. The average molecular weight is 528 g/mol. The van der Waals surface area contributed by atoms with Crippen molar-refractivity contribution in [3.8, 4) is 0 Å². The molecule has 1 saturated carbocycles. The Morgan fingerprint density at radius 1 is 0.949 bits per heavy atom. The molecule has 2 aliphatic rings. The number of ether oxygens (including phenoxy) is 1. The summed E-state index contributed by atoms with van der Waals surface area (Å²) in [6, 6.07) is 16.1. The van der Waals surface area contributed by atoms with Gasteiger partial charge in [-0.25, -0.2) is 14.5 Å². The Bertz CT molecular complexity index is 1410. The predicted octanol–water partition coefficient (Wildman–Crippen LogP) is 3.64. The van der Waals surface area contributed by atoms with Crippen molar-refractivity contribution in [3.05, 3.63) is 66.6 Å². The van der Waals surface area contributed by atoms with E-state index in [2.05, 4.69) is 30.8 Å². The smallest absolute Gasteiger partial charge is 0.276 e. The van der Waals surface area contributed by atoms with Gasteiger partial charge in [-0.2, -0.15) is 0 Å². The van der Waals surface area contributed by atoms with Gasteiger partial charge in [-0.1, -0.05) is 18.2 Å². The molecule has 6 rings (SSSR count). The average Bonchev–Trinajstić information content (AvgIpc) is 3.40. The molecule has 0 radical (unpaired) electrons. The third-order valence-electron chi connectivity index (χ3n) is 7.22. The lowest BCUT2D eigenvalue weighted by Crippen LogP contribution is -2.36. The lowest BCUT2D eigenvalue weighted by molar-refractivity contribution is 0.102. The number of pyridine rings is 1. The first kappa shape index (κ1) is 25.1. The second-order valence-electron chi connectivity index (χ2n) is 10.0. The van der Waals surface area contributed by atoms with Crippen LogP contribution in [0.3, 0.4) is 0 Å².